The van der Waals surface area contributed by atoms with Gasteiger partial charge in [-0.15, -0.1) is 0 Å². The molecular weight excluding hydrogens is 406 g/mol. The average Bonchev–Trinajstić information content (AvgIpc) is 2.80. The highest BCUT2D eigenvalue weighted by Gasteiger charge is 2.09. The van der Waals surface area contributed by atoms with Crippen molar-refractivity contribution in [2.24, 2.45) is 5.92 Å². The molecule has 0 aliphatic rings. The quantitative estimate of drug-likeness (QED) is 0.464. The standard InChI is InChI=1S/C25H27N3O4/c1-17(2)16-32-25(31)28-22-11-9-19(10-12-22)23(29)26-13-14-27-24(30)21-8-7-18-5-3-4-6-20(18)15-21/h3-12,15,17H,13-14,16H2,1-2H3,(H,26,29)(H,27,30)(H,28,31). The zero-order chi connectivity index (χ0) is 22.9. The minimum absolute atomic E-state index is 0.190. The summed E-state index contributed by atoms with van der Waals surface area (Å²) in [4.78, 5) is 36.3. The van der Waals surface area contributed by atoms with E-state index in [4.69, 9.17) is 4.74 Å². The number of carbonyl (C=O) groups is 3. The van der Waals surface area contributed by atoms with Crippen molar-refractivity contribution in [3.63, 3.8) is 0 Å². The zero-order valence-corrected chi connectivity index (χ0v) is 18.2. The topological polar surface area (TPSA) is 96.5 Å². The van der Waals surface area contributed by atoms with Gasteiger partial charge in [-0.2, -0.15) is 0 Å². The molecule has 0 aliphatic carbocycles. The number of hydrogen-bond acceptors (Lipinski definition) is 4. The Balaban J connectivity index is 1.42. The molecule has 0 atom stereocenters. The average molecular weight is 434 g/mol. The lowest BCUT2D eigenvalue weighted by molar-refractivity contribution is 0.0928. The summed E-state index contributed by atoms with van der Waals surface area (Å²) in [5.74, 6) is -0.201. The van der Waals surface area contributed by atoms with Gasteiger partial charge in [-0.25, -0.2) is 4.79 Å². The van der Waals surface area contributed by atoms with Gasteiger partial charge in [0.15, 0.2) is 0 Å². The lowest BCUT2D eigenvalue weighted by atomic mass is 10.1. The van der Waals surface area contributed by atoms with Crippen LogP contribution in [0.4, 0.5) is 10.5 Å². The predicted octanol–water partition coefficient (Wildman–Crippen LogP) is 4.20. The second-order valence-corrected chi connectivity index (χ2v) is 7.77. The van der Waals surface area contributed by atoms with E-state index in [1.54, 1.807) is 30.3 Å². The molecule has 0 aromatic heterocycles. The Bertz CT molecular complexity index is 1090. The zero-order valence-electron chi connectivity index (χ0n) is 18.2. The van der Waals surface area contributed by atoms with E-state index in [0.29, 0.717) is 36.5 Å². The highest BCUT2D eigenvalue weighted by Crippen LogP contribution is 2.15. The van der Waals surface area contributed by atoms with Crippen LogP contribution in [0.25, 0.3) is 10.8 Å². The summed E-state index contributed by atoms with van der Waals surface area (Å²) >= 11 is 0. The van der Waals surface area contributed by atoms with Gasteiger partial charge in [-0.1, -0.05) is 44.2 Å². The van der Waals surface area contributed by atoms with Crippen molar-refractivity contribution in [2.45, 2.75) is 13.8 Å². The van der Waals surface area contributed by atoms with Crippen LogP contribution < -0.4 is 16.0 Å². The molecule has 0 saturated carbocycles. The van der Waals surface area contributed by atoms with Crippen LogP contribution in [0.5, 0.6) is 0 Å². The Labute approximate surface area is 187 Å². The third-order valence-corrected chi connectivity index (χ3v) is 4.65. The molecule has 0 radical (unpaired) electrons. The summed E-state index contributed by atoms with van der Waals surface area (Å²) in [7, 11) is 0. The Morgan fingerprint density at radius 3 is 2.03 bits per heavy atom. The van der Waals surface area contributed by atoms with Crippen LogP contribution in [-0.2, 0) is 4.74 Å². The summed E-state index contributed by atoms with van der Waals surface area (Å²) < 4.78 is 5.06. The lowest BCUT2D eigenvalue weighted by Gasteiger charge is -2.10. The van der Waals surface area contributed by atoms with Crippen molar-refractivity contribution in [2.75, 3.05) is 25.0 Å². The van der Waals surface area contributed by atoms with E-state index in [2.05, 4.69) is 16.0 Å². The van der Waals surface area contributed by atoms with Crippen LogP contribution in [0.1, 0.15) is 34.6 Å². The molecule has 3 amide bonds. The van der Waals surface area contributed by atoms with E-state index in [1.807, 2.05) is 50.2 Å². The fraction of sp³-hybridized carbons (Fsp3) is 0.240. The summed E-state index contributed by atoms with van der Waals surface area (Å²) in [6, 6.07) is 19.9. The number of carbonyl (C=O) groups excluding carboxylic acids is 3. The molecule has 32 heavy (non-hydrogen) atoms. The van der Waals surface area contributed by atoms with Crippen LogP contribution in [-0.4, -0.2) is 37.6 Å². The van der Waals surface area contributed by atoms with Crippen LogP contribution in [0, 0.1) is 5.92 Å². The Kier molecular flexibility index (Phi) is 7.80. The first-order chi connectivity index (χ1) is 15.4. The van der Waals surface area contributed by atoms with Gasteiger partial charge in [0, 0.05) is 29.9 Å². The fourth-order valence-corrected chi connectivity index (χ4v) is 2.99. The molecule has 3 aromatic carbocycles. The molecule has 0 fully saturated rings. The molecule has 3 aromatic rings. The van der Waals surface area contributed by atoms with Crippen LogP contribution >= 0.6 is 0 Å². The third kappa shape index (κ3) is 6.57. The lowest BCUT2D eigenvalue weighted by Crippen LogP contribution is -2.34. The Morgan fingerprint density at radius 2 is 1.38 bits per heavy atom. The summed E-state index contributed by atoms with van der Waals surface area (Å²) in [5.41, 5.74) is 1.56. The molecule has 7 nitrogen and oxygen atoms in total. The van der Waals surface area contributed by atoms with Gasteiger partial charge in [-0.3, -0.25) is 14.9 Å². The number of hydrogen-bond donors (Lipinski definition) is 3. The highest BCUT2D eigenvalue weighted by molar-refractivity contribution is 5.98. The number of anilines is 1. The van der Waals surface area contributed by atoms with Gasteiger partial charge in [0.2, 0.25) is 0 Å². The normalized spacial score (nSPS) is 10.6. The second kappa shape index (κ2) is 10.9. The molecule has 7 heteroatoms. The molecule has 166 valence electrons. The van der Waals surface area contributed by atoms with E-state index in [0.717, 1.165) is 10.8 Å². The number of amides is 3. The molecule has 0 unspecified atom stereocenters. The van der Waals surface area contributed by atoms with Crippen molar-refractivity contribution in [1.29, 1.82) is 0 Å². The van der Waals surface area contributed by atoms with Crippen LogP contribution in [0.15, 0.2) is 66.7 Å². The molecule has 0 bridgehead atoms. The van der Waals surface area contributed by atoms with E-state index >= 15 is 0 Å². The number of ether oxygens (including phenoxy) is 1. The molecule has 0 aliphatic heterocycles. The number of rotatable bonds is 8. The van der Waals surface area contributed by atoms with Crippen LogP contribution in [0.3, 0.4) is 0 Å². The SMILES string of the molecule is CC(C)COC(=O)Nc1ccc(C(=O)NCCNC(=O)c2ccc3ccccc3c2)cc1. The largest absolute Gasteiger partial charge is 0.449 e. The molecule has 3 N–H and O–H groups in total. The fourth-order valence-electron chi connectivity index (χ4n) is 2.99. The van der Waals surface area contributed by atoms with Crippen molar-refractivity contribution in [3.8, 4) is 0 Å². The molecular formula is C25H27N3O4. The molecule has 3 rings (SSSR count). The second-order valence-electron chi connectivity index (χ2n) is 7.77. The number of benzene rings is 3. The maximum absolute atomic E-state index is 12.3. The van der Waals surface area contributed by atoms with E-state index in [9.17, 15) is 14.4 Å². The first-order valence-corrected chi connectivity index (χ1v) is 10.5. The Morgan fingerprint density at radius 1 is 0.781 bits per heavy atom. The summed E-state index contributed by atoms with van der Waals surface area (Å²) in [6.07, 6.45) is -0.530. The van der Waals surface area contributed by atoms with Crippen molar-refractivity contribution < 1.29 is 19.1 Å². The maximum atomic E-state index is 12.3. The van der Waals surface area contributed by atoms with Crippen LogP contribution in [0.2, 0.25) is 0 Å². The van der Waals surface area contributed by atoms with Gasteiger partial charge >= 0.3 is 6.09 Å². The summed E-state index contributed by atoms with van der Waals surface area (Å²) in [6.45, 7) is 4.84. The van der Waals surface area contributed by atoms with E-state index in [-0.39, 0.29) is 17.7 Å². The van der Waals surface area contributed by atoms with E-state index in [1.165, 1.54) is 0 Å². The van der Waals surface area contributed by atoms with Gasteiger partial charge in [0.05, 0.1) is 6.61 Å². The van der Waals surface area contributed by atoms with Crippen molar-refractivity contribution >= 4 is 34.4 Å². The molecule has 0 saturated heterocycles. The molecule has 0 heterocycles. The minimum atomic E-state index is -0.530. The number of nitrogens with one attached hydrogen (secondary N) is 3. The Hall–Kier alpha value is -3.87. The van der Waals surface area contributed by atoms with Gasteiger partial charge in [-0.05, 0) is 53.1 Å². The van der Waals surface area contributed by atoms with Crippen molar-refractivity contribution in [3.05, 3.63) is 77.9 Å². The number of fused-ring (bicyclic) bond motifs is 1. The monoisotopic (exact) mass is 433 g/mol. The smallest absolute Gasteiger partial charge is 0.411 e. The third-order valence-electron chi connectivity index (χ3n) is 4.65. The maximum Gasteiger partial charge on any atom is 0.411 e. The van der Waals surface area contributed by atoms with Crippen molar-refractivity contribution in [1.82, 2.24) is 10.6 Å². The van der Waals surface area contributed by atoms with Gasteiger partial charge in [0.1, 0.15) is 0 Å². The highest BCUT2D eigenvalue weighted by atomic mass is 16.5. The summed E-state index contributed by atoms with van der Waals surface area (Å²) in [5, 5.41) is 10.3. The first-order valence-electron chi connectivity index (χ1n) is 10.5. The van der Waals surface area contributed by atoms with Gasteiger partial charge in [0.25, 0.3) is 11.8 Å². The first kappa shape index (κ1) is 22.8. The predicted molar refractivity (Wildman–Crippen MR) is 125 cm³/mol. The van der Waals surface area contributed by atoms with Gasteiger partial charge < -0.3 is 15.4 Å². The minimum Gasteiger partial charge on any atom is -0.449 e. The molecule has 0 spiro atoms. The van der Waals surface area contributed by atoms with E-state index < -0.39 is 6.09 Å².